The second-order valence-corrected chi connectivity index (χ2v) is 7.86. The number of hydrogen-bond acceptors (Lipinski definition) is 3. The molecule has 3 nitrogen and oxygen atoms in total. The lowest BCUT2D eigenvalue weighted by molar-refractivity contribution is -0.139. The molecule has 1 aromatic rings. The molecule has 0 N–H and O–H groups in total. The van der Waals surface area contributed by atoms with Gasteiger partial charge in [-0.25, -0.2) is 4.79 Å². The second kappa shape index (κ2) is 15.1. The van der Waals surface area contributed by atoms with E-state index in [1.165, 1.54) is 43.2 Å². The first-order chi connectivity index (χ1) is 14.1. The molecule has 0 aliphatic rings. The third-order valence-electron chi connectivity index (χ3n) is 5.68. The van der Waals surface area contributed by atoms with E-state index in [4.69, 9.17) is 9.47 Å². The molecule has 29 heavy (non-hydrogen) atoms. The third-order valence-corrected chi connectivity index (χ3v) is 5.68. The van der Waals surface area contributed by atoms with Crippen LogP contribution in [0.15, 0.2) is 18.2 Å². The van der Waals surface area contributed by atoms with Crippen LogP contribution in [-0.2, 0) is 22.4 Å². The molecule has 0 fully saturated rings. The van der Waals surface area contributed by atoms with Crippen LogP contribution in [-0.4, -0.2) is 19.7 Å². The molecule has 1 rings (SSSR count). The van der Waals surface area contributed by atoms with Crippen LogP contribution >= 0.6 is 0 Å². The first-order valence-corrected chi connectivity index (χ1v) is 11.6. The van der Waals surface area contributed by atoms with Crippen LogP contribution in [0.1, 0.15) is 95.8 Å². The van der Waals surface area contributed by atoms with Gasteiger partial charge in [0, 0.05) is 6.08 Å². The summed E-state index contributed by atoms with van der Waals surface area (Å²) >= 11 is 0. The summed E-state index contributed by atoms with van der Waals surface area (Å²) in [5.41, 5.74) is 3.67. The lowest BCUT2D eigenvalue weighted by Gasteiger charge is -2.16. The minimum Gasteiger partial charge on any atom is -0.496 e. The van der Waals surface area contributed by atoms with Crippen LogP contribution in [0.3, 0.4) is 0 Å². The number of carbonyl (C=O) groups excluding carboxylic acids is 1. The third kappa shape index (κ3) is 9.06. The Hall–Kier alpha value is -1.77. The fraction of sp³-hybridized carbons (Fsp3) is 0.654. The molecule has 1 atom stereocenters. The normalized spacial score (nSPS) is 12.3. The highest BCUT2D eigenvalue weighted by atomic mass is 16.5. The monoisotopic (exact) mass is 402 g/mol. The molecule has 0 radical (unpaired) electrons. The second-order valence-electron chi connectivity index (χ2n) is 7.86. The quantitative estimate of drug-likeness (QED) is 0.177. The van der Waals surface area contributed by atoms with Gasteiger partial charge in [-0.2, -0.15) is 0 Å². The molecule has 0 amide bonds. The summed E-state index contributed by atoms with van der Waals surface area (Å²) in [6.07, 6.45) is 14.9. The van der Waals surface area contributed by atoms with Crippen molar-refractivity contribution in [2.45, 2.75) is 91.9 Å². The van der Waals surface area contributed by atoms with Gasteiger partial charge in [0.1, 0.15) is 5.75 Å². The standard InChI is InChI=1S/C26H42O3/c1-6-10-12-13-15-24-22(16-18-25(28-5)23(24)9-4)17-19-26(27)29-20-21(8-3)14-11-7-2/h16-19,21H,6-15,20H2,1-5H3/b19-17+. The molecule has 0 saturated carbocycles. The molecule has 0 saturated heterocycles. The number of esters is 1. The van der Waals surface area contributed by atoms with Gasteiger partial charge >= 0.3 is 5.97 Å². The first-order valence-electron chi connectivity index (χ1n) is 11.6. The predicted molar refractivity (Wildman–Crippen MR) is 124 cm³/mol. The molecule has 0 bridgehead atoms. The molecule has 1 aromatic carbocycles. The SMILES string of the molecule is CCCCCCc1c(/C=C/C(=O)OCC(CC)CCCC)ccc(OC)c1CC. The number of ether oxygens (including phenoxy) is 2. The number of hydrogen-bond donors (Lipinski definition) is 0. The highest BCUT2D eigenvalue weighted by Gasteiger charge is 2.12. The highest BCUT2D eigenvalue weighted by Crippen LogP contribution is 2.29. The Bertz CT molecular complexity index is 619. The zero-order valence-electron chi connectivity index (χ0n) is 19.4. The van der Waals surface area contributed by atoms with E-state index in [0.717, 1.165) is 43.4 Å². The van der Waals surface area contributed by atoms with E-state index in [2.05, 4.69) is 33.8 Å². The molecule has 0 spiro atoms. The fourth-order valence-corrected chi connectivity index (χ4v) is 3.75. The molecule has 3 heteroatoms. The lowest BCUT2D eigenvalue weighted by atomic mass is 9.93. The van der Waals surface area contributed by atoms with Crippen LogP contribution in [0.4, 0.5) is 0 Å². The molecule has 164 valence electrons. The molecule has 0 heterocycles. The maximum Gasteiger partial charge on any atom is 0.330 e. The largest absolute Gasteiger partial charge is 0.496 e. The Morgan fingerprint density at radius 1 is 1.00 bits per heavy atom. The first kappa shape index (κ1) is 25.3. The van der Waals surface area contributed by atoms with E-state index in [9.17, 15) is 4.79 Å². The van der Waals surface area contributed by atoms with E-state index in [1.54, 1.807) is 13.2 Å². The lowest BCUT2D eigenvalue weighted by Crippen LogP contribution is -2.12. The van der Waals surface area contributed by atoms with E-state index < -0.39 is 0 Å². The van der Waals surface area contributed by atoms with Gasteiger partial charge in [0.2, 0.25) is 0 Å². The van der Waals surface area contributed by atoms with Crippen LogP contribution in [0.2, 0.25) is 0 Å². The smallest absolute Gasteiger partial charge is 0.330 e. The Labute approximate surface area is 178 Å². The Morgan fingerprint density at radius 3 is 2.38 bits per heavy atom. The maximum atomic E-state index is 12.3. The van der Waals surface area contributed by atoms with Crippen molar-refractivity contribution in [3.63, 3.8) is 0 Å². The van der Waals surface area contributed by atoms with Crippen LogP contribution in [0, 0.1) is 5.92 Å². The molecular weight excluding hydrogens is 360 g/mol. The topological polar surface area (TPSA) is 35.5 Å². The Morgan fingerprint density at radius 2 is 1.76 bits per heavy atom. The van der Waals surface area contributed by atoms with Crippen molar-refractivity contribution in [2.24, 2.45) is 5.92 Å². The van der Waals surface area contributed by atoms with Crippen molar-refractivity contribution in [1.29, 1.82) is 0 Å². The number of unbranched alkanes of at least 4 members (excludes halogenated alkanes) is 4. The molecular formula is C26H42O3. The van der Waals surface area contributed by atoms with Crippen molar-refractivity contribution in [3.8, 4) is 5.75 Å². The van der Waals surface area contributed by atoms with E-state index in [-0.39, 0.29) is 5.97 Å². The summed E-state index contributed by atoms with van der Waals surface area (Å²) in [7, 11) is 1.73. The molecule has 0 aromatic heterocycles. The van der Waals surface area contributed by atoms with Gasteiger partial charge in [0.25, 0.3) is 0 Å². The van der Waals surface area contributed by atoms with E-state index >= 15 is 0 Å². The van der Waals surface area contributed by atoms with Crippen molar-refractivity contribution in [2.75, 3.05) is 13.7 Å². The summed E-state index contributed by atoms with van der Waals surface area (Å²) in [5.74, 6) is 1.17. The summed E-state index contributed by atoms with van der Waals surface area (Å²) in [5, 5.41) is 0. The zero-order valence-corrected chi connectivity index (χ0v) is 19.4. The van der Waals surface area contributed by atoms with Crippen LogP contribution < -0.4 is 4.74 Å². The molecule has 0 aliphatic heterocycles. The van der Waals surface area contributed by atoms with Crippen molar-refractivity contribution < 1.29 is 14.3 Å². The van der Waals surface area contributed by atoms with Gasteiger partial charge in [-0.3, -0.25) is 0 Å². The van der Waals surface area contributed by atoms with Crippen molar-refractivity contribution in [1.82, 2.24) is 0 Å². The molecule has 1 unspecified atom stereocenters. The summed E-state index contributed by atoms with van der Waals surface area (Å²) in [4.78, 5) is 12.3. The van der Waals surface area contributed by atoms with Gasteiger partial charge in [0.15, 0.2) is 0 Å². The average Bonchev–Trinajstić information content (AvgIpc) is 2.75. The van der Waals surface area contributed by atoms with Crippen LogP contribution in [0.25, 0.3) is 6.08 Å². The molecule has 0 aliphatic carbocycles. The number of rotatable bonds is 15. The highest BCUT2D eigenvalue weighted by molar-refractivity contribution is 5.87. The van der Waals surface area contributed by atoms with Gasteiger partial charge in [-0.05, 0) is 60.4 Å². The number of benzene rings is 1. The minimum absolute atomic E-state index is 0.245. The number of methoxy groups -OCH3 is 1. The average molecular weight is 403 g/mol. The van der Waals surface area contributed by atoms with Gasteiger partial charge in [-0.15, -0.1) is 0 Å². The van der Waals surface area contributed by atoms with Gasteiger partial charge < -0.3 is 9.47 Å². The maximum absolute atomic E-state index is 12.3. The minimum atomic E-state index is -0.245. The fourth-order valence-electron chi connectivity index (χ4n) is 3.75. The predicted octanol–water partition coefficient (Wildman–Crippen LogP) is 7.15. The summed E-state index contributed by atoms with van der Waals surface area (Å²) in [6, 6.07) is 4.07. The zero-order chi connectivity index (χ0) is 21.5. The van der Waals surface area contributed by atoms with Gasteiger partial charge in [-0.1, -0.05) is 72.3 Å². The Kier molecular flexibility index (Phi) is 13.2. The summed E-state index contributed by atoms with van der Waals surface area (Å²) in [6.45, 7) is 9.27. The van der Waals surface area contributed by atoms with E-state index in [1.807, 2.05) is 12.1 Å². The van der Waals surface area contributed by atoms with Crippen LogP contribution in [0.5, 0.6) is 5.75 Å². The van der Waals surface area contributed by atoms with Gasteiger partial charge in [0.05, 0.1) is 13.7 Å². The Balaban J connectivity index is 2.85. The number of carbonyl (C=O) groups is 1. The van der Waals surface area contributed by atoms with E-state index in [0.29, 0.717) is 12.5 Å². The van der Waals surface area contributed by atoms with Crippen molar-refractivity contribution >= 4 is 12.0 Å². The summed E-state index contributed by atoms with van der Waals surface area (Å²) < 4.78 is 11.1. The van der Waals surface area contributed by atoms with Crippen molar-refractivity contribution in [3.05, 3.63) is 34.9 Å².